The number of hydrogen-bond donors (Lipinski definition) is 1. The van der Waals surface area contributed by atoms with E-state index in [9.17, 15) is 0 Å². The van der Waals surface area contributed by atoms with Crippen molar-refractivity contribution in [2.24, 2.45) is 0 Å². The molecule has 4 nitrogen and oxygen atoms in total. The quantitative estimate of drug-likeness (QED) is 0.770. The lowest BCUT2D eigenvalue weighted by Crippen LogP contribution is -2.22. The van der Waals surface area contributed by atoms with E-state index >= 15 is 0 Å². The van der Waals surface area contributed by atoms with E-state index in [2.05, 4.69) is 35.8 Å². The van der Waals surface area contributed by atoms with Gasteiger partial charge in [0.25, 0.3) is 0 Å². The van der Waals surface area contributed by atoms with Gasteiger partial charge in [0.15, 0.2) is 5.82 Å². The summed E-state index contributed by atoms with van der Waals surface area (Å²) in [5.74, 6) is 0.592. The maximum absolute atomic E-state index is 5.90. The normalized spacial score (nSPS) is 18.6. The van der Waals surface area contributed by atoms with Crippen LogP contribution in [-0.2, 0) is 5.41 Å². The Balaban J connectivity index is 2.39. The number of rotatable bonds is 1. The minimum atomic E-state index is 0.0240. The molecule has 0 saturated heterocycles. The Morgan fingerprint density at radius 2 is 1.87 bits per heavy atom. The van der Waals surface area contributed by atoms with E-state index in [-0.39, 0.29) is 5.41 Å². The van der Waals surface area contributed by atoms with E-state index in [1.54, 1.807) is 0 Å². The first kappa shape index (κ1) is 10.5. The number of anilines is 1. The molecule has 0 radical (unpaired) electrons. The van der Waals surface area contributed by atoms with Crippen LogP contribution < -0.4 is 5.73 Å². The number of aromatic nitrogens is 3. The molecule has 0 aliphatic heterocycles. The third kappa shape index (κ3) is 1.85. The first-order chi connectivity index (χ1) is 7.00. The lowest BCUT2D eigenvalue weighted by atomic mass is 9.91. The number of nitrogens with zero attached hydrogens (tertiary/aromatic N) is 3. The van der Waals surface area contributed by atoms with Crippen molar-refractivity contribution in [3.8, 4) is 0 Å². The molecule has 1 fully saturated rings. The van der Waals surface area contributed by atoms with Gasteiger partial charge in [-0.2, -0.15) is 0 Å². The van der Waals surface area contributed by atoms with Gasteiger partial charge in [-0.3, -0.25) is 0 Å². The van der Waals surface area contributed by atoms with Crippen LogP contribution in [-0.4, -0.2) is 15.0 Å². The summed E-state index contributed by atoms with van der Waals surface area (Å²) in [7, 11) is 0. The van der Waals surface area contributed by atoms with Crippen LogP contribution in [0.2, 0.25) is 0 Å². The fourth-order valence-corrected chi connectivity index (χ4v) is 2.44. The van der Waals surface area contributed by atoms with Gasteiger partial charge in [-0.1, -0.05) is 38.8 Å². The fourth-order valence-electron chi connectivity index (χ4n) is 2.44. The Morgan fingerprint density at radius 1 is 1.27 bits per heavy atom. The second-order valence-electron chi connectivity index (χ2n) is 5.46. The van der Waals surface area contributed by atoms with Gasteiger partial charge in [-0.25, -0.2) is 4.68 Å². The maximum atomic E-state index is 5.90. The molecule has 2 rings (SSSR count). The highest BCUT2D eigenvalue weighted by atomic mass is 15.5. The highest BCUT2D eigenvalue weighted by molar-refractivity contribution is 5.38. The summed E-state index contributed by atoms with van der Waals surface area (Å²) >= 11 is 0. The molecule has 0 spiro atoms. The molecule has 1 saturated carbocycles. The molecule has 0 aromatic carbocycles. The average Bonchev–Trinajstić information content (AvgIpc) is 2.68. The number of hydrogen-bond acceptors (Lipinski definition) is 3. The summed E-state index contributed by atoms with van der Waals surface area (Å²) in [4.78, 5) is 0. The third-order valence-corrected chi connectivity index (χ3v) is 3.10. The largest absolute Gasteiger partial charge is 0.381 e. The topological polar surface area (TPSA) is 56.7 Å². The Labute approximate surface area is 90.8 Å². The molecule has 0 amide bonds. The van der Waals surface area contributed by atoms with Crippen molar-refractivity contribution >= 4 is 5.82 Å². The van der Waals surface area contributed by atoms with Crippen LogP contribution >= 0.6 is 0 Å². The van der Waals surface area contributed by atoms with Crippen molar-refractivity contribution in [3.63, 3.8) is 0 Å². The van der Waals surface area contributed by atoms with Crippen molar-refractivity contribution in [2.75, 3.05) is 5.73 Å². The van der Waals surface area contributed by atoms with E-state index in [0.29, 0.717) is 11.9 Å². The molecule has 1 aliphatic carbocycles. The molecular formula is C11H20N4. The molecule has 1 heterocycles. The van der Waals surface area contributed by atoms with Crippen LogP contribution in [0.3, 0.4) is 0 Å². The fraction of sp³-hybridized carbons (Fsp3) is 0.818. The second-order valence-corrected chi connectivity index (χ2v) is 5.46. The van der Waals surface area contributed by atoms with E-state index in [0.717, 1.165) is 5.69 Å². The van der Waals surface area contributed by atoms with Crippen LogP contribution in [0.25, 0.3) is 0 Å². The zero-order valence-corrected chi connectivity index (χ0v) is 9.82. The summed E-state index contributed by atoms with van der Waals surface area (Å²) in [5.41, 5.74) is 7.02. The number of nitrogen functional groups attached to an aromatic ring is 1. The molecule has 1 aromatic rings. The molecule has 2 N–H and O–H groups in total. The van der Waals surface area contributed by atoms with E-state index in [1.165, 1.54) is 25.7 Å². The average molecular weight is 208 g/mol. The van der Waals surface area contributed by atoms with Gasteiger partial charge in [0.1, 0.15) is 0 Å². The van der Waals surface area contributed by atoms with Gasteiger partial charge >= 0.3 is 0 Å². The Kier molecular flexibility index (Phi) is 2.44. The lowest BCUT2D eigenvalue weighted by Gasteiger charge is -2.23. The van der Waals surface area contributed by atoms with E-state index in [4.69, 9.17) is 5.73 Å². The van der Waals surface area contributed by atoms with Crippen molar-refractivity contribution in [3.05, 3.63) is 5.69 Å². The van der Waals surface area contributed by atoms with Crippen LogP contribution in [0, 0.1) is 0 Å². The third-order valence-electron chi connectivity index (χ3n) is 3.10. The maximum Gasteiger partial charge on any atom is 0.169 e. The number of nitrogens with two attached hydrogens (primary N) is 1. The highest BCUT2D eigenvalue weighted by Crippen LogP contribution is 2.34. The predicted molar refractivity (Wildman–Crippen MR) is 60.6 cm³/mol. The molecular weight excluding hydrogens is 188 g/mol. The van der Waals surface area contributed by atoms with Crippen molar-refractivity contribution in [2.45, 2.75) is 57.9 Å². The van der Waals surface area contributed by atoms with Crippen LogP contribution in [0.15, 0.2) is 0 Å². The summed E-state index contributed by atoms with van der Waals surface area (Å²) in [6.07, 6.45) is 5.03. The van der Waals surface area contributed by atoms with Crippen molar-refractivity contribution in [1.82, 2.24) is 15.0 Å². The molecule has 0 atom stereocenters. The van der Waals surface area contributed by atoms with Crippen LogP contribution in [0.1, 0.15) is 58.2 Å². The van der Waals surface area contributed by atoms with Gasteiger partial charge in [-0.05, 0) is 12.8 Å². The van der Waals surface area contributed by atoms with Crippen LogP contribution in [0.4, 0.5) is 5.82 Å². The summed E-state index contributed by atoms with van der Waals surface area (Å²) in [6.45, 7) is 6.48. The van der Waals surface area contributed by atoms with Crippen LogP contribution in [0.5, 0.6) is 0 Å². The first-order valence-corrected chi connectivity index (χ1v) is 5.71. The SMILES string of the molecule is CC(C)(C)c1c(N)nnn1C1CCCC1. The van der Waals surface area contributed by atoms with E-state index in [1.807, 2.05) is 0 Å². The molecule has 1 aliphatic rings. The Hall–Kier alpha value is -1.06. The minimum Gasteiger partial charge on any atom is -0.381 e. The van der Waals surface area contributed by atoms with Gasteiger partial charge < -0.3 is 5.73 Å². The van der Waals surface area contributed by atoms with Crippen molar-refractivity contribution < 1.29 is 0 Å². The summed E-state index contributed by atoms with van der Waals surface area (Å²) in [6, 6.07) is 0.518. The van der Waals surface area contributed by atoms with E-state index < -0.39 is 0 Å². The Morgan fingerprint density at radius 3 is 2.40 bits per heavy atom. The summed E-state index contributed by atoms with van der Waals surface area (Å²) in [5, 5.41) is 8.22. The molecule has 0 bridgehead atoms. The monoisotopic (exact) mass is 208 g/mol. The highest BCUT2D eigenvalue weighted by Gasteiger charge is 2.28. The molecule has 4 heteroatoms. The zero-order valence-electron chi connectivity index (χ0n) is 9.82. The predicted octanol–water partition coefficient (Wildman–Crippen LogP) is 2.27. The molecule has 15 heavy (non-hydrogen) atoms. The molecule has 84 valence electrons. The summed E-state index contributed by atoms with van der Waals surface area (Å²) < 4.78 is 2.06. The standard InChI is InChI=1S/C11H20N4/c1-11(2,3)9-10(12)13-14-15(9)8-6-4-5-7-8/h8H,4-7,12H2,1-3H3. The van der Waals surface area contributed by atoms with Crippen molar-refractivity contribution in [1.29, 1.82) is 0 Å². The van der Waals surface area contributed by atoms with Gasteiger partial charge in [0.2, 0.25) is 0 Å². The van der Waals surface area contributed by atoms with Gasteiger partial charge in [0, 0.05) is 5.41 Å². The molecule has 0 unspecified atom stereocenters. The lowest BCUT2D eigenvalue weighted by molar-refractivity contribution is 0.403. The van der Waals surface area contributed by atoms with Gasteiger partial charge in [0.05, 0.1) is 11.7 Å². The minimum absolute atomic E-state index is 0.0240. The van der Waals surface area contributed by atoms with Gasteiger partial charge in [-0.15, -0.1) is 5.10 Å². The zero-order chi connectivity index (χ0) is 11.1. The second kappa shape index (κ2) is 3.51. The molecule has 1 aromatic heterocycles. The smallest absolute Gasteiger partial charge is 0.169 e. The first-order valence-electron chi connectivity index (χ1n) is 5.71. The Bertz CT molecular complexity index is 342.